The Hall–Kier alpha value is -2.04. The Balaban J connectivity index is 1.24. The van der Waals surface area contributed by atoms with E-state index in [4.69, 9.17) is 11.6 Å². The molecule has 0 aromatic heterocycles. The second kappa shape index (κ2) is 8.14. The molecule has 1 saturated carbocycles. The Morgan fingerprint density at radius 1 is 1.18 bits per heavy atom. The number of nitrogens with one attached hydrogen (secondary N) is 2. The minimum Gasteiger partial charge on any atom is -0.370 e. The molecule has 1 aliphatic carbocycles. The number of hydrogen-bond acceptors (Lipinski definition) is 3. The van der Waals surface area contributed by atoms with Gasteiger partial charge in [-0.25, -0.2) is 0 Å². The van der Waals surface area contributed by atoms with Crippen molar-refractivity contribution in [1.82, 2.24) is 10.6 Å². The smallest absolute Gasteiger partial charge is 0.251 e. The van der Waals surface area contributed by atoms with Gasteiger partial charge >= 0.3 is 0 Å². The summed E-state index contributed by atoms with van der Waals surface area (Å²) in [7, 11) is 0. The fourth-order valence-corrected chi connectivity index (χ4v) is 4.25. The Bertz CT molecular complexity index is 833. The third-order valence-corrected chi connectivity index (χ3v) is 5.92. The summed E-state index contributed by atoms with van der Waals surface area (Å²) in [6, 6.07) is 17.1. The summed E-state index contributed by atoms with van der Waals surface area (Å²) in [6.45, 7) is 6.97. The first-order valence-corrected chi connectivity index (χ1v) is 10.5. The molecule has 2 aromatic rings. The van der Waals surface area contributed by atoms with Crippen molar-refractivity contribution in [3.63, 3.8) is 0 Å². The zero-order valence-corrected chi connectivity index (χ0v) is 17.2. The second-order valence-electron chi connectivity index (χ2n) is 8.33. The average Bonchev–Trinajstić information content (AvgIpc) is 3.41. The van der Waals surface area contributed by atoms with E-state index < -0.39 is 0 Å². The van der Waals surface area contributed by atoms with Crippen LogP contribution in [0.5, 0.6) is 0 Å². The molecule has 1 saturated heterocycles. The molecule has 0 radical (unpaired) electrons. The molecule has 4 nitrogen and oxygen atoms in total. The van der Waals surface area contributed by atoms with Gasteiger partial charge in [-0.05, 0) is 44.0 Å². The molecule has 148 valence electrons. The van der Waals surface area contributed by atoms with Crippen LogP contribution in [-0.2, 0) is 0 Å². The van der Waals surface area contributed by atoms with Crippen molar-refractivity contribution >= 4 is 23.2 Å². The van der Waals surface area contributed by atoms with E-state index in [1.54, 1.807) is 6.07 Å². The number of halogens is 1. The predicted octanol–water partition coefficient (Wildman–Crippen LogP) is 4.06. The van der Waals surface area contributed by atoms with E-state index in [-0.39, 0.29) is 11.9 Å². The third kappa shape index (κ3) is 4.34. The van der Waals surface area contributed by atoms with Crippen LogP contribution in [0.25, 0.3) is 0 Å². The Morgan fingerprint density at radius 2 is 1.93 bits per heavy atom. The number of hydrogen-bond donors (Lipinski definition) is 2. The SMILES string of the molecule is CC(C)NC(=O)c1ccc(N2CC(CN[C@@H]3C[C@H]3c3ccccc3)C2)c(Cl)c1. The minimum atomic E-state index is -0.0773. The highest BCUT2D eigenvalue weighted by Gasteiger charge is 2.39. The van der Waals surface area contributed by atoms with Gasteiger partial charge in [-0.1, -0.05) is 41.9 Å². The van der Waals surface area contributed by atoms with Crippen LogP contribution in [0, 0.1) is 5.92 Å². The van der Waals surface area contributed by atoms with Crippen LogP contribution in [0.4, 0.5) is 5.69 Å². The summed E-state index contributed by atoms with van der Waals surface area (Å²) >= 11 is 6.45. The maximum absolute atomic E-state index is 12.1. The molecular weight excluding hydrogens is 370 g/mol. The highest BCUT2D eigenvalue weighted by Crippen LogP contribution is 2.41. The number of carbonyl (C=O) groups is 1. The summed E-state index contributed by atoms with van der Waals surface area (Å²) in [4.78, 5) is 14.4. The van der Waals surface area contributed by atoms with Gasteiger partial charge in [0.1, 0.15) is 0 Å². The highest BCUT2D eigenvalue weighted by molar-refractivity contribution is 6.33. The quantitative estimate of drug-likeness (QED) is 0.740. The lowest BCUT2D eigenvalue weighted by Crippen LogP contribution is -2.51. The van der Waals surface area contributed by atoms with E-state index in [0.29, 0.717) is 28.5 Å². The summed E-state index contributed by atoms with van der Waals surface area (Å²) in [5, 5.41) is 7.27. The maximum atomic E-state index is 12.1. The minimum absolute atomic E-state index is 0.0773. The summed E-state index contributed by atoms with van der Waals surface area (Å²) in [5.41, 5.74) is 3.08. The van der Waals surface area contributed by atoms with Gasteiger partial charge in [0.25, 0.3) is 5.91 Å². The van der Waals surface area contributed by atoms with Crippen molar-refractivity contribution in [2.45, 2.75) is 38.3 Å². The van der Waals surface area contributed by atoms with Crippen LogP contribution >= 0.6 is 11.6 Å². The van der Waals surface area contributed by atoms with Crippen LogP contribution in [0.15, 0.2) is 48.5 Å². The number of nitrogens with zero attached hydrogens (tertiary/aromatic N) is 1. The summed E-state index contributed by atoms with van der Waals surface area (Å²) in [6.07, 6.45) is 1.24. The summed E-state index contributed by atoms with van der Waals surface area (Å²) < 4.78 is 0. The first-order valence-electron chi connectivity index (χ1n) is 10.1. The van der Waals surface area contributed by atoms with Gasteiger partial charge in [-0.3, -0.25) is 4.79 Å². The van der Waals surface area contributed by atoms with Crippen molar-refractivity contribution in [2.24, 2.45) is 5.92 Å². The van der Waals surface area contributed by atoms with Gasteiger partial charge in [0, 0.05) is 49.1 Å². The van der Waals surface area contributed by atoms with Gasteiger partial charge in [0.15, 0.2) is 0 Å². The van der Waals surface area contributed by atoms with Crippen molar-refractivity contribution in [3.05, 3.63) is 64.7 Å². The zero-order valence-electron chi connectivity index (χ0n) is 16.5. The fourth-order valence-electron chi connectivity index (χ4n) is 3.95. The molecular formula is C23H28ClN3O. The van der Waals surface area contributed by atoms with Gasteiger partial charge in [0.05, 0.1) is 10.7 Å². The summed E-state index contributed by atoms with van der Waals surface area (Å²) in [5.74, 6) is 1.25. The fraction of sp³-hybridized carbons (Fsp3) is 0.435. The van der Waals surface area contributed by atoms with Crippen molar-refractivity contribution in [3.8, 4) is 0 Å². The predicted molar refractivity (Wildman–Crippen MR) is 115 cm³/mol. The van der Waals surface area contributed by atoms with E-state index in [1.807, 2.05) is 26.0 Å². The number of carbonyl (C=O) groups excluding carboxylic acids is 1. The second-order valence-corrected chi connectivity index (χ2v) is 8.74. The lowest BCUT2D eigenvalue weighted by atomic mass is 9.98. The monoisotopic (exact) mass is 397 g/mol. The molecule has 28 heavy (non-hydrogen) atoms. The van der Waals surface area contributed by atoms with Gasteiger partial charge in [-0.2, -0.15) is 0 Å². The number of rotatable bonds is 7. The van der Waals surface area contributed by atoms with Crippen LogP contribution < -0.4 is 15.5 Å². The molecule has 2 N–H and O–H groups in total. The number of anilines is 1. The molecule has 1 aliphatic heterocycles. The third-order valence-electron chi connectivity index (χ3n) is 5.61. The largest absolute Gasteiger partial charge is 0.370 e. The Labute approximate surface area is 172 Å². The zero-order chi connectivity index (χ0) is 19.7. The first-order chi connectivity index (χ1) is 13.5. The van der Waals surface area contributed by atoms with Crippen molar-refractivity contribution < 1.29 is 4.79 Å². The van der Waals surface area contributed by atoms with E-state index in [0.717, 1.165) is 25.3 Å². The van der Waals surface area contributed by atoms with E-state index in [1.165, 1.54) is 12.0 Å². The average molecular weight is 398 g/mol. The molecule has 2 atom stereocenters. The van der Waals surface area contributed by atoms with Crippen LogP contribution in [-0.4, -0.2) is 37.6 Å². The van der Waals surface area contributed by atoms with Crippen LogP contribution in [0.3, 0.4) is 0 Å². The molecule has 5 heteroatoms. The standard InChI is InChI=1S/C23H28ClN3O/c1-15(2)26-23(28)18-8-9-22(20(24)10-18)27-13-16(14-27)12-25-21-11-19(21)17-6-4-3-5-7-17/h3-10,15-16,19,21,25H,11-14H2,1-2H3,(H,26,28)/t19-,21+/m0/s1. The molecule has 4 rings (SSSR count). The molecule has 1 heterocycles. The topological polar surface area (TPSA) is 44.4 Å². The van der Waals surface area contributed by atoms with Crippen LogP contribution in [0.1, 0.15) is 42.1 Å². The van der Waals surface area contributed by atoms with Crippen molar-refractivity contribution in [1.29, 1.82) is 0 Å². The van der Waals surface area contributed by atoms with E-state index in [2.05, 4.69) is 45.9 Å². The molecule has 0 spiro atoms. The lowest BCUT2D eigenvalue weighted by molar-refractivity contribution is 0.0943. The normalized spacial score (nSPS) is 21.5. The molecule has 1 amide bonds. The molecule has 0 bridgehead atoms. The molecule has 2 fully saturated rings. The molecule has 2 aromatic carbocycles. The molecule has 0 unspecified atom stereocenters. The van der Waals surface area contributed by atoms with Crippen molar-refractivity contribution in [2.75, 3.05) is 24.5 Å². The van der Waals surface area contributed by atoms with E-state index in [9.17, 15) is 4.79 Å². The maximum Gasteiger partial charge on any atom is 0.251 e. The van der Waals surface area contributed by atoms with Crippen LogP contribution in [0.2, 0.25) is 5.02 Å². The highest BCUT2D eigenvalue weighted by atomic mass is 35.5. The van der Waals surface area contributed by atoms with Gasteiger partial charge in [0.2, 0.25) is 0 Å². The first kappa shape index (κ1) is 19.3. The molecule has 2 aliphatic rings. The number of benzene rings is 2. The van der Waals surface area contributed by atoms with Gasteiger partial charge < -0.3 is 15.5 Å². The Morgan fingerprint density at radius 3 is 2.61 bits per heavy atom. The number of amides is 1. The Kier molecular flexibility index (Phi) is 5.61. The van der Waals surface area contributed by atoms with Gasteiger partial charge in [-0.15, -0.1) is 0 Å². The van der Waals surface area contributed by atoms with E-state index >= 15 is 0 Å². The lowest BCUT2D eigenvalue weighted by Gasteiger charge is -2.41.